The molecule has 3 aromatic carbocycles. The van der Waals surface area contributed by atoms with Gasteiger partial charge in [-0.1, -0.05) is 54.6 Å². The van der Waals surface area contributed by atoms with Gasteiger partial charge in [0.2, 0.25) is 5.91 Å². The highest BCUT2D eigenvalue weighted by Crippen LogP contribution is 2.24. The second-order valence-electron chi connectivity index (χ2n) is 7.17. The third-order valence-corrected chi connectivity index (χ3v) is 5.06. The van der Waals surface area contributed by atoms with E-state index in [1.54, 1.807) is 11.8 Å². The molecule has 0 fully saturated rings. The summed E-state index contributed by atoms with van der Waals surface area (Å²) in [5, 5.41) is 14.7. The Kier molecular flexibility index (Phi) is 6.03. The molecule has 1 amide bonds. The lowest BCUT2D eigenvalue weighted by Gasteiger charge is -2.20. The maximum Gasteiger partial charge on any atom is 0.225 e. The third kappa shape index (κ3) is 4.78. The van der Waals surface area contributed by atoms with E-state index in [1.807, 2.05) is 85.8 Å². The molecule has 0 aliphatic heterocycles. The first-order valence-electron chi connectivity index (χ1n) is 9.96. The first-order chi connectivity index (χ1) is 15.1. The standard InChI is InChI=1S/C24H23N5O2/c1-17-26-27-28-29(17)21-12-8-18(9-13-21)16-23(30)25-24(19-6-4-3-5-7-19)20-10-14-22(31-2)15-11-20/h3-15,24H,16H2,1-2H3,(H,25,30)/t24-/m0/s1. The minimum Gasteiger partial charge on any atom is -0.497 e. The second kappa shape index (κ2) is 9.21. The number of rotatable bonds is 7. The van der Waals surface area contributed by atoms with Crippen molar-refractivity contribution in [3.63, 3.8) is 0 Å². The van der Waals surface area contributed by atoms with E-state index in [-0.39, 0.29) is 18.4 Å². The van der Waals surface area contributed by atoms with E-state index in [4.69, 9.17) is 4.74 Å². The first kappa shape index (κ1) is 20.3. The summed E-state index contributed by atoms with van der Waals surface area (Å²) in [6.45, 7) is 1.84. The number of nitrogens with zero attached hydrogens (tertiary/aromatic N) is 4. The number of hydrogen-bond donors (Lipinski definition) is 1. The number of hydrogen-bond acceptors (Lipinski definition) is 5. The van der Waals surface area contributed by atoms with Crippen molar-refractivity contribution >= 4 is 5.91 Å². The van der Waals surface area contributed by atoms with Gasteiger partial charge in [-0.25, -0.2) is 0 Å². The summed E-state index contributed by atoms with van der Waals surface area (Å²) < 4.78 is 6.91. The average molecular weight is 413 g/mol. The molecule has 7 nitrogen and oxygen atoms in total. The van der Waals surface area contributed by atoms with Crippen molar-refractivity contribution < 1.29 is 9.53 Å². The first-order valence-corrected chi connectivity index (χ1v) is 9.96. The number of ether oxygens (including phenoxy) is 1. The lowest BCUT2D eigenvalue weighted by Crippen LogP contribution is -2.30. The molecule has 0 aliphatic rings. The highest BCUT2D eigenvalue weighted by atomic mass is 16.5. The van der Waals surface area contributed by atoms with Gasteiger partial charge in [0.1, 0.15) is 5.75 Å². The van der Waals surface area contributed by atoms with Crippen LogP contribution in [0.4, 0.5) is 0 Å². The van der Waals surface area contributed by atoms with Gasteiger partial charge in [0.05, 0.1) is 25.3 Å². The maximum absolute atomic E-state index is 12.9. The van der Waals surface area contributed by atoms with E-state index < -0.39 is 0 Å². The van der Waals surface area contributed by atoms with Gasteiger partial charge < -0.3 is 10.1 Å². The van der Waals surface area contributed by atoms with E-state index >= 15 is 0 Å². The van der Waals surface area contributed by atoms with Gasteiger partial charge in [-0.05, 0) is 58.3 Å². The van der Waals surface area contributed by atoms with Gasteiger partial charge in [-0.3, -0.25) is 4.79 Å². The molecule has 0 unspecified atom stereocenters. The Balaban J connectivity index is 1.50. The van der Waals surface area contributed by atoms with Crippen LogP contribution in [0.1, 0.15) is 28.6 Å². The lowest BCUT2D eigenvalue weighted by atomic mass is 9.98. The summed E-state index contributed by atoms with van der Waals surface area (Å²) in [7, 11) is 1.64. The molecule has 0 saturated carbocycles. The molecule has 1 atom stereocenters. The predicted octanol–water partition coefficient (Wildman–Crippen LogP) is 3.43. The zero-order chi connectivity index (χ0) is 21.6. The number of methoxy groups -OCH3 is 1. The Morgan fingerprint density at radius 2 is 1.65 bits per heavy atom. The normalized spacial score (nSPS) is 11.7. The third-order valence-electron chi connectivity index (χ3n) is 5.06. The Hall–Kier alpha value is -4.00. The number of nitrogens with one attached hydrogen (secondary N) is 1. The predicted molar refractivity (Wildman–Crippen MR) is 117 cm³/mol. The van der Waals surface area contributed by atoms with Crippen molar-refractivity contribution in [3.05, 3.63) is 101 Å². The highest BCUT2D eigenvalue weighted by Gasteiger charge is 2.17. The number of amides is 1. The quantitative estimate of drug-likeness (QED) is 0.502. The number of carbonyl (C=O) groups excluding carboxylic acids is 1. The van der Waals surface area contributed by atoms with Crippen molar-refractivity contribution in [2.45, 2.75) is 19.4 Å². The molecule has 156 valence electrons. The molecular weight excluding hydrogens is 390 g/mol. The minimum atomic E-state index is -0.247. The Morgan fingerprint density at radius 3 is 2.26 bits per heavy atom. The maximum atomic E-state index is 12.9. The van der Waals surface area contributed by atoms with Crippen molar-refractivity contribution in [3.8, 4) is 11.4 Å². The van der Waals surface area contributed by atoms with Crippen molar-refractivity contribution in [1.82, 2.24) is 25.5 Å². The fourth-order valence-electron chi connectivity index (χ4n) is 3.42. The van der Waals surface area contributed by atoms with E-state index in [9.17, 15) is 4.79 Å². The highest BCUT2D eigenvalue weighted by molar-refractivity contribution is 5.79. The van der Waals surface area contributed by atoms with Crippen molar-refractivity contribution in [2.24, 2.45) is 0 Å². The number of aromatic nitrogens is 4. The van der Waals surface area contributed by atoms with Crippen molar-refractivity contribution in [1.29, 1.82) is 0 Å². The summed E-state index contributed by atoms with van der Waals surface area (Å²) in [5.41, 5.74) is 3.77. The zero-order valence-electron chi connectivity index (χ0n) is 17.4. The summed E-state index contributed by atoms with van der Waals surface area (Å²) in [6.07, 6.45) is 0.272. The number of tetrazole rings is 1. The van der Waals surface area contributed by atoms with Gasteiger partial charge in [0.25, 0.3) is 0 Å². The van der Waals surface area contributed by atoms with Crippen LogP contribution in [0, 0.1) is 6.92 Å². The molecule has 0 saturated heterocycles. The van der Waals surface area contributed by atoms with E-state index in [2.05, 4.69) is 20.8 Å². The Bertz CT molecular complexity index is 1140. The number of benzene rings is 3. The average Bonchev–Trinajstić information content (AvgIpc) is 3.24. The van der Waals surface area contributed by atoms with Crippen LogP contribution in [0.25, 0.3) is 5.69 Å². The molecule has 0 bridgehead atoms. The molecule has 7 heteroatoms. The monoisotopic (exact) mass is 413 g/mol. The SMILES string of the molecule is COc1ccc([C@@H](NC(=O)Cc2ccc(-n3nnnc3C)cc2)c2ccccc2)cc1. The molecule has 31 heavy (non-hydrogen) atoms. The van der Waals surface area contributed by atoms with Crippen LogP contribution in [0.2, 0.25) is 0 Å². The molecule has 0 aliphatic carbocycles. The number of aryl methyl sites for hydroxylation is 1. The molecule has 1 N–H and O–H groups in total. The van der Waals surface area contributed by atoms with Gasteiger partial charge >= 0.3 is 0 Å². The zero-order valence-corrected chi connectivity index (χ0v) is 17.4. The van der Waals surface area contributed by atoms with Crippen LogP contribution in [0.3, 0.4) is 0 Å². The molecular formula is C24H23N5O2. The van der Waals surface area contributed by atoms with Gasteiger partial charge in [0.15, 0.2) is 5.82 Å². The summed E-state index contributed by atoms with van der Waals surface area (Å²) in [5.74, 6) is 1.42. The number of carbonyl (C=O) groups is 1. The van der Waals surface area contributed by atoms with Crippen LogP contribution in [0.15, 0.2) is 78.9 Å². The van der Waals surface area contributed by atoms with Crippen LogP contribution in [-0.4, -0.2) is 33.2 Å². The largest absolute Gasteiger partial charge is 0.497 e. The molecule has 0 radical (unpaired) electrons. The molecule has 4 rings (SSSR count). The van der Waals surface area contributed by atoms with Crippen LogP contribution in [-0.2, 0) is 11.2 Å². The fraction of sp³-hybridized carbons (Fsp3) is 0.167. The lowest BCUT2D eigenvalue weighted by molar-refractivity contribution is -0.120. The van der Waals surface area contributed by atoms with Gasteiger partial charge in [-0.2, -0.15) is 4.68 Å². The summed E-state index contributed by atoms with van der Waals surface area (Å²) in [6, 6.07) is 25.1. The molecule has 1 heterocycles. The van der Waals surface area contributed by atoms with Crippen LogP contribution < -0.4 is 10.1 Å². The molecule has 4 aromatic rings. The smallest absolute Gasteiger partial charge is 0.225 e. The second-order valence-corrected chi connectivity index (χ2v) is 7.17. The fourth-order valence-corrected chi connectivity index (χ4v) is 3.42. The van der Waals surface area contributed by atoms with E-state index in [0.29, 0.717) is 5.82 Å². The minimum absolute atomic E-state index is 0.0592. The van der Waals surface area contributed by atoms with Crippen LogP contribution >= 0.6 is 0 Å². The van der Waals surface area contributed by atoms with E-state index in [1.165, 1.54) is 0 Å². The van der Waals surface area contributed by atoms with Gasteiger partial charge in [0, 0.05) is 0 Å². The molecule has 0 spiro atoms. The summed E-state index contributed by atoms with van der Waals surface area (Å²) in [4.78, 5) is 12.9. The molecule has 1 aromatic heterocycles. The summed E-state index contributed by atoms with van der Waals surface area (Å²) >= 11 is 0. The Labute approximate surface area is 180 Å². The van der Waals surface area contributed by atoms with Crippen LogP contribution in [0.5, 0.6) is 5.75 Å². The van der Waals surface area contributed by atoms with Crippen molar-refractivity contribution in [2.75, 3.05) is 7.11 Å². The topological polar surface area (TPSA) is 81.9 Å². The Morgan fingerprint density at radius 1 is 0.968 bits per heavy atom. The van der Waals surface area contributed by atoms with Gasteiger partial charge in [-0.15, -0.1) is 5.10 Å². The van der Waals surface area contributed by atoms with E-state index in [0.717, 1.165) is 28.1 Å².